The van der Waals surface area contributed by atoms with Gasteiger partial charge in [-0.15, -0.1) is 0 Å². The van der Waals surface area contributed by atoms with Crippen LogP contribution in [0.2, 0.25) is 5.02 Å². The van der Waals surface area contributed by atoms with Crippen molar-refractivity contribution in [2.24, 2.45) is 5.73 Å². The number of aliphatic hydroxyl groups is 1. The molecule has 0 fully saturated rings. The third-order valence-corrected chi connectivity index (χ3v) is 6.18. The highest BCUT2D eigenvalue weighted by atomic mass is 35.5. The fraction of sp³-hybridized carbons (Fsp3) is 0.360. The molecule has 0 saturated heterocycles. The molecule has 3 rings (SSSR count). The number of carbonyl (C=O) groups excluding carboxylic acids is 1. The highest BCUT2D eigenvalue weighted by molar-refractivity contribution is 6.31. The Morgan fingerprint density at radius 3 is 2.47 bits per heavy atom. The predicted molar refractivity (Wildman–Crippen MR) is 128 cm³/mol. The second kappa shape index (κ2) is 11.3. The summed E-state index contributed by atoms with van der Waals surface area (Å²) in [7, 11) is 1.74. The molecule has 0 bridgehead atoms. The molecular weight excluding hydrogens is 424 g/mol. The molecule has 0 unspecified atom stereocenters. The van der Waals surface area contributed by atoms with Gasteiger partial charge in [0.05, 0.1) is 23.4 Å². The van der Waals surface area contributed by atoms with Crippen LogP contribution in [-0.2, 0) is 13.0 Å². The zero-order chi connectivity index (χ0) is 23.1. The number of benzene rings is 2. The van der Waals surface area contributed by atoms with E-state index in [9.17, 15) is 9.90 Å². The van der Waals surface area contributed by atoms with Crippen molar-refractivity contribution in [3.05, 3.63) is 87.7 Å². The largest absolute Gasteiger partial charge is 0.387 e. The molecule has 1 amide bonds. The third-order valence-electron chi connectivity index (χ3n) is 5.68. The summed E-state index contributed by atoms with van der Waals surface area (Å²) in [6.07, 6.45) is 2.92. The van der Waals surface area contributed by atoms with Crippen LogP contribution in [0, 0.1) is 6.92 Å². The molecule has 0 radical (unpaired) electrons. The number of hydrogen-bond donors (Lipinski definition) is 3. The summed E-state index contributed by atoms with van der Waals surface area (Å²) in [6, 6.07) is 17.0. The zero-order valence-electron chi connectivity index (χ0n) is 18.6. The van der Waals surface area contributed by atoms with Gasteiger partial charge < -0.3 is 15.7 Å². The molecule has 0 spiro atoms. The molecule has 0 aliphatic carbocycles. The molecule has 0 saturated carbocycles. The van der Waals surface area contributed by atoms with E-state index < -0.39 is 6.10 Å². The first-order chi connectivity index (χ1) is 15.4. The van der Waals surface area contributed by atoms with Crippen LogP contribution in [0.25, 0.3) is 0 Å². The van der Waals surface area contributed by atoms with Crippen molar-refractivity contribution >= 4 is 17.5 Å². The Bertz CT molecular complexity index is 1000. The van der Waals surface area contributed by atoms with Gasteiger partial charge in [0.25, 0.3) is 5.91 Å². The van der Waals surface area contributed by atoms with Gasteiger partial charge in [-0.3, -0.25) is 9.89 Å². The minimum atomic E-state index is -0.640. The van der Waals surface area contributed by atoms with Crippen molar-refractivity contribution in [1.82, 2.24) is 15.1 Å². The first-order valence-corrected chi connectivity index (χ1v) is 11.3. The molecule has 2 aromatic carbocycles. The van der Waals surface area contributed by atoms with Crippen LogP contribution >= 0.6 is 11.6 Å². The molecule has 2 atom stereocenters. The lowest BCUT2D eigenvalue weighted by Crippen LogP contribution is -2.28. The molecule has 0 aliphatic heterocycles. The topological polar surface area (TPSA) is 95.2 Å². The average molecular weight is 455 g/mol. The van der Waals surface area contributed by atoms with Crippen LogP contribution < -0.4 is 5.73 Å². The molecule has 3 aromatic rings. The molecule has 7 heteroatoms. The zero-order valence-corrected chi connectivity index (χ0v) is 19.3. The van der Waals surface area contributed by atoms with E-state index >= 15 is 0 Å². The third kappa shape index (κ3) is 6.19. The summed E-state index contributed by atoms with van der Waals surface area (Å²) < 4.78 is 0. The lowest BCUT2D eigenvalue weighted by molar-refractivity contribution is 0.0783. The number of nitrogens with two attached hydrogens (primary N) is 1. The van der Waals surface area contributed by atoms with Gasteiger partial charge in [0.1, 0.15) is 5.69 Å². The van der Waals surface area contributed by atoms with Gasteiger partial charge in [-0.05, 0) is 49.4 Å². The Morgan fingerprint density at radius 1 is 1.16 bits per heavy atom. The van der Waals surface area contributed by atoms with Gasteiger partial charge in [0.15, 0.2) is 0 Å². The number of H-pyrrole nitrogens is 1. The monoisotopic (exact) mass is 454 g/mol. The van der Waals surface area contributed by atoms with E-state index in [0.29, 0.717) is 22.8 Å². The van der Waals surface area contributed by atoms with E-state index in [1.54, 1.807) is 11.9 Å². The summed E-state index contributed by atoms with van der Waals surface area (Å²) in [5, 5.41) is 17.9. The van der Waals surface area contributed by atoms with Crippen LogP contribution in [0.15, 0.2) is 54.6 Å². The highest BCUT2D eigenvalue weighted by Crippen LogP contribution is 2.21. The van der Waals surface area contributed by atoms with E-state index in [1.165, 1.54) is 5.56 Å². The molecule has 1 heterocycles. The summed E-state index contributed by atoms with van der Waals surface area (Å²) in [5.74, 6) is -0.0749. The number of aliphatic hydroxyl groups excluding tert-OH is 1. The molecule has 1 aromatic heterocycles. The predicted octanol–water partition coefficient (Wildman–Crippen LogP) is 4.42. The van der Waals surface area contributed by atoms with E-state index in [4.69, 9.17) is 17.3 Å². The van der Waals surface area contributed by atoms with Crippen LogP contribution in [-0.4, -0.2) is 39.2 Å². The first kappa shape index (κ1) is 24.0. The summed E-state index contributed by atoms with van der Waals surface area (Å²) in [5.41, 5.74) is 10.3. The summed E-state index contributed by atoms with van der Waals surface area (Å²) >= 11 is 6.20. The van der Waals surface area contributed by atoms with Gasteiger partial charge in [-0.1, -0.05) is 60.5 Å². The van der Waals surface area contributed by atoms with Crippen LogP contribution in [0.3, 0.4) is 0 Å². The van der Waals surface area contributed by atoms with Crippen molar-refractivity contribution in [3.63, 3.8) is 0 Å². The minimum absolute atomic E-state index is 0.0749. The van der Waals surface area contributed by atoms with Crippen LogP contribution in [0.5, 0.6) is 0 Å². The van der Waals surface area contributed by atoms with Gasteiger partial charge in [-0.25, -0.2) is 0 Å². The molecule has 4 N–H and O–H groups in total. The van der Waals surface area contributed by atoms with Gasteiger partial charge >= 0.3 is 0 Å². The number of unbranched alkanes of at least 4 members (excludes halogenated alkanes) is 1. The summed E-state index contributed by atoms with van der Waals surface area (Å²) in [4.78, 5) is 14.3. The number of carbonyl (C=O) groups is 1. The average Bonchev–Trinajstić information content (AvgIpc) is 3.13. The van der Waals surface area contributed by atoms with E-state index in [2.05, 4.69) is 10.2 Å². The fourth-order valence-corrected chi connectivity index (χ4v) is 3.81. The number of amides is 1. The number of rotatable bonds is 10. The smallest absolute Gasteiger partial charge is 0.253 e. The van der Waals surface area contributed by atoms with Crippen molar-refractivity contribution in [1.29, 1.82) is 0 Å². The molecule has 170 valence electrons. The van der Waals surface area contributed by atoms with Crippen molar-refractivity contribution in [2.75, 3.05) is 7.05 Å². The van der Waals surface area contributed by atoms with E-state index in [0.717, 1.165) is 36.9 Å². The number of aromatic nitrogens is 2. The number of aryl methyl sites for hydroxylation is 2. The van der Waals surface area contributed by atoms with Crippen LogP contribution in [0.4, 0.5) is 0 Å². The fourth-order valence-electron chi connectivity index (χ4n) is 3.67. The summed E-state index contributed by atoms with van der Waals surface area (Å²) in [6.45, 7) is 2.19. The maximum atomic E-state index is 12.7. The maximum absolute atomic E-state index is 12.7. The lowest BCUT2D eigenvalue weighted by Gasteiger charge is -2.19. The molecule has 0 aliphatic rings. The standard InChI is InChI=1S/C25H31ClN4O2/c1-17-23(26)22(29-28-17)16-30(2)25(32)20-14-12-18(13-15-20)8-6-7-11-21(27)24(31)19-9-4-3-5-10-19/h3-5,9-10,12-15,21,24,31H,6-8,11,16,27H2,1-2H3,(H,28,29)/t21-,24-/m1/s1. The van der Waals surface area contributed by atoms with Crippen molar-refractivity contribution < 1.29 is 9.90 Å². The second-order valence-electron chi connectivity index (χ2n) is 8.23. The van der Waals surface area contributed by atoms with Crippen molar-refractivity contribution in [2.45, 2.75) is 51.3 Å². The second-order valence-corrected chi connectivity index (χ2v) is 8.61. The number of nitrogens with zero attached hydrogens (tertiary/aromatic N) is 2. The molecular formula is C25H31ClN4O2. The minimum Gasteiger partial charge on any atom is -0.387 e. The van der Waals surface area contributed by atoms with Crippen molar-refractivity contribution in [3.8, 4) is 0 Å². The maximum Gasteiger partial charge on any atom is 0.253 e. The number of hydrogen-bond acceptors (Lipinski definition) is 4. The van der Waals surface area contributed by atoms with Gasteiger partial charge in [-0.2, -0.15) is 5.10 Å². The molecule has 32 heavy (non-hydrogen) atoms. The molecule has 6 nitrogen and oxygen atoms in total. The Kier molecular flexibility index (Phi) is 8.45. The number of halogens is 1. The van der Waals surface area contributed by atoms with E-state index in [-0.39, 0.29) is 11.9 Å². The Labute approximate surface area is 194 Å². The highest BCUT2D eigenvalue weighted by Gasteiger charge is 2.17. The van der Waals surface area contributed by atoms with Gasteiger partial charge in [0, 0.05) is 18.7 Å². The van der Waals surface area contributed by atoms with Crippen LogP contribution in [0.1, 0.15) is 58.2 Å². The Balaban J connectivity index is 1.44. The van der Waals surface area contributed by atoms with Gasteiger partial charge in [0.2, 0.25) is 0 Å². The first-order valence-electron chi connectivity index (χ1n) is 10.9. The Morgan fingerprint density at radius 2 is 1.84 bits per heavy atom. The van der Waals surface area contributed by atoms with E-state index in [1.807, 2.05) is 61.5 Å². The normalized spacial score (nSPS) is 13.0. The lowest BCUT2D eigenvalue weighted by atomic mass is 9.97. The SMILES string of the molecule is Cc1[nH]nc(CN(C)C(=O)c2ccc(CCCC[C@@H](N)[C@H](O)c3ccccc3)cc2)c1Cl. The Hall–Kier alpha value is -2.67. The number of aromatic amines is 1. The quantitative estimate of drug-likeness (QED) is 0.395. The number of nitrogens with one attached hydrogen (secondary N) is 1.